The second-order valence-electron chi connectivity index (χ2n) is 5.44. The Kier molecular flexibility index (Phi) is 7.18. The topological polar surface area (TPSA) is 64.6 Å². The molecule has 5 heteroatoms. The van der Waals surface area contributed by atoms with E-state index in [0.29, 0.717) is 12.3 Å². The lowest BCUT2D eigenvalue weighted by Gasteiger charge is -2.12. The van der Waals surface area contributed by atoms with Crippen molar-refractivity contribution in [3.8, 4) is 5.75 Å². The molecule has 2 aromatic carbocycles. The number of benzene rings is 2. The first-order valence-electron chi connectivity index (χ1n) is 8.17. The maximum Gasteiger partial charge on any atom is 0.331 e. The van der Waals surface area contributed by atoms with Gasteiger partial charge in [0.15, 0.2) is 6.10 Å². The summed E-state index contributed by atoms with van der Waals surface area (Å²) >= 11 is 0. The highest BCUT2D eigenvalue weighted by molar-refractivity contribution is 5.96. The van der Waals surface area contributed by atoms with Crippen molar-refractivity contribution in [3.05, 3.63) is 78.9 Å². The van der Waals surface area contributed by atoms with Crippen LogP contribution in [0.3, 0.4) is 0 Å². The number of anilines is 1. The second-order valence-corrected chi connectivity index (χ2v) is 5.44. The number of ether oxygens (including phenoxy) is 2. The molecule has 0 heterocycles. The summed E-state index contributed by atoms with van der Waals surface area (Å²) in [5, 5.41) is 2.68. The van der Waals surface area contributed by atoms with Crippen molar-refractivity contribution in [1.82, 2.24) is 0 Å². The number of hydrogen-bond acceptors (Lipinski definition) is 4. The number of hydrogen-bond donors (Lipinski definition) is 1. The van der Waals surface area contributed by atoms with E-state index in [4.69, 9.17) is 9.47 Å². The Morgan fingerprint density at radius 1 is 1.12 bits per heavy atom. The van der Waals surface area contributed by atoms with Crippen LogP contribution in [0.25, 0.3) is 6.08 Å². The van der Waals surface area contributed by atoms with E-state index in [1.165, 1.54) is 13.0 Å². The highest BCUT2D eigenvalue weighted by Gasteiger charge is 2.16. The molecule has 134 valence electrons. The number of carbonyl (C=O) groups is 2. The van der Waals surface area contributed by atoms with Crippen LogP contribution in [-0.4, -0.2) is 24.6 Å². The van der Waals surface area contributed by atoms with Crippen molar-refractivity contribution in [2.24, 2.45) is 0 Å². The smallest absolute Gasteiger partial charge is 0.331 e. The van der Waals surface area contributed by atoms with Crippen LogP contribution in [0.4, 0.5) is 5.69 Å². The Bertz CT molecular complexity index is 766. The number of esters is 1. The summed E-state index contributed by atoms with van der Waals surface area (Å²) < 4.78 is 10.5. The van der Waals surface area contributed by atoms with E-state index in [-0.39, 0.29) is 5.91 Å². The van der Waals surface area contributed by atoms with E-state index < -0.39 is 12.1 Å². The van der Waals surface area contributed by atoms with Gasteiger partial charge in [0, 0.05) is 11.8 Å². The summed E-state index contributed by atoms with van der Waals surface area (Å²) in [7, 11) is 0. The van der Waals surface area contributed by atoms with Crippen molar-refractivity contribution >= 4 is 23.6 Å². The Hall–Kier alpha value is -3.34. The van der Waals surface area contributed by atoms with Gasteiger partial charge >= 0.3 is 5.97 Å². The molecule has 1 N–H and O–H groups in total. The van der Waals surface area contributed by atoms with Gasteiger partial charge in [-0.3, -0.25) is 4.79 Å². The third kappa shape index (κ3) is 6.28. The fourth-order valence-corrected chi connectivity index (χ4v) is 2.03. The normalized spacial score (nSPS) is 11.6. The molecule has 26 heavy (non-hydrogen) atoms. The van der Waals surface area contributed by atoms with E-state index in [2.05, 4.69) is 11.9 Å². The first-order valence-corrected chi connectivity index (χ1v) is 8.17. The van der Waals surface area contributed by atoms with E-state index in [9.17, 15) is 9.59 Å². The van der Waals surface area contributed by atoms with E-state index in [0.717, 1.165) is 11.3 Å². The van der Waals surface area contributed by atoms with Crippen molar-refractivity contribution in [3.63, 3.8) is 0 Å². The number of amides is 1. The maximum absolute atomic E-state index is 12.0. The largest absolute Gasteiger partial charge is 0.490 e. The molecule has 0 spiro atoms. The minimum atomic E-state index is -0.901. The predicted molar refractivity (Wildman–Crippen MR) is 102 cm³/mol. The molecule has 0 aromatic heterocycles. The first kappa shape index (κ1) is 19.0. The standard InChI is InChI=1S/C21H21NO4/c1-3-15-25-19-12-9-17(10-13-19)11-14-20(23)26-16(2)21(24)22-18-7-5-4-6-8-18/h3-14,16H,1,15H2,2H3,(H,22,24)/b14-11+/t16-/m1/s1. The SMILES string of the molecule is C=CCOc1ccc(/C=C/C(=O)O[C@H](C)C(=O)Nc2ccccc2)cc1. The van der Waals surface area contributed by atoms with Crippen LogP contribution in [0.5, 0.6) is 5.75 Å². The molecule has 2 aromatic rings. The van der Waals surface area contributed by atoms with Gasteiger partial charge in [-0.05, 0) is 42.8 Å². The number of carbonyl (C=O) groups excluding carboxylic acids is 2. The quantitative estimate of drug-likeness (QED) is 0.446. The van der Waals surface area contributed by atoms with Gasteiger partial charge in [0.05, 0.1) is 0 Å². The zero-order valence-corrected chi connectivity index (χ0v) is 14.6. The van der Waals surface area contributed by atoms with Gasteiger partial charge < -0.3 is 14.8 Å². The summed E-state index contributed by atoms with van der Waals surface area (Å²) in [6, 6.07) is 16.2. The highest BCUT2D eigenvalue weighted by atomic mass is 16.5. The van der Waals surface area contributed by atoms with Gasteiger partial charge in [-0.15, -0.1) is 0 Å². The molecule has 0 fully saturated rings. The van der Waals surface area contributed by atoms with Gasteiger partial charge in [-0.1, -0.05) is 43.0 Å². The van der Waals surface area contributed by atoms with Crippen LogP contribution in [0.1, 0.15) is 12.5 Å². The van der Waals surface area contributed by atoms with Crippen molar-refractivity contribution in [1.29, 1.82) is 0 Å². The molecular weight excluding hydrogens is 330 g/mol. The molecule has 1 amide bonds. The second kappa shape index (κ2) is 9.84. The monoisotopic (exact) mass is 351 g/mol. The zero-order valence-electron chi connectivity index (χ0n) is 14.6. The zero-order chi connectivity index (χ0) is 18.8. The Balaban J connectivity index is 1.84. The van der Waals surface area contributed by atoms with Gasteiger partial charge in [0.25, 0.3) is 5.91 Å². The molecular formula is C21H21NO4. The average molecular weight is 351 g/mol. The van der Waals surface area contributed by atoms with Crippen molar-refractivity contribution in [2.75, 3.05) is 11.9 Å². The lowest BCUT2D eigenvalue weighted by Crippen LogP contribution is -2.29. The van der Waals surface area contributed by atoms with Crippen LogP contribution in [0, 0.1) is 0 Å². The summed E-state index contributed by atoms with van der Waals surface area (Å²) in [4.78, 5) is 23.9. The number of nitrogens with one attached hydrogen (secondary N) is 1. The summed E-state index contributed by atoms with van der Waals surface area (Å²) in [6.45, 7) is 5.54. The molecule has 0 bridgehead atoms. The van der Waals surface area contributed by atoms with Crippen LogP contribution >= 0.6 is 0 Å². The van der Waals surface area contributed by atoms with Crippen LogP contribution in [0.15, 0.2) is 73.3 Å². The Morgan fingerprint density at radius 3 is 2.46 bits per heavy atom. The molecule has 0 aliphatic carbocycles. The molecule has 0 aliphatic rings. The molecule has 0 saturated heterocycles. The van der Waals surface area contributed by atoms with Gasteiger partial charge in [0.2, 0.25) is 0 Å². The van der Waals surface area contributed by atoms with Crippen LogP contribution in [-0.2, 0) is 14.3 Å². The van der Waals surface area contributed by atoms with Crippen molar-refractivity contribution in [2.45, 2.75) is 13.0 Å². The highest BCUT2D eigenvalue weighted by Crippen LogP contribution is 2.13. The molecule has 2 rings (SSSR count). The Labute approximate surface area is 152 Å². The third-order valence-electron chi connectivity index (χ3n) is 3.36. The molecule has 0 aliphatic heterocycles. The predicted octanol–water partition coefficient (Wildman–Crippen LogP) is 3.84. The first-order chi connectivity index (χ1) is 12.6. The third-order valence-corrected chi connectivity index (χ3v) is 3.36. The van der Waals surface area contributed by atoms with Gasteiger partial charge in [-0.25, -0.2) is 4.79 Å². The van der Waals surface area contributed by atoms with E-state index in [1.807, 2.05) is 30.3 Å². The van der Waals surface area contributed by atoms with Crippen LogP contribution < -0.4 is 10.1 Å². The summed E-state index contributed by atoms with van der Waals surface area (Å²) in [6.07, 6.45) is 3.66. The molecule has 1 atom stereocenters. The fourth-order valence-electron chi connectivity index (χ4n) is 2.03. The molecule has 0 unspecified atom stereocenters. The minimum absolute atomic E-state index is 0.387. The maximum atomic E-state index is 12.0. The summed E-state index contributed by atoms with van der Waals surface area (Å²) in [5.41, 5.74) is 1.46. The number of rotatable bonds is 8. The van der Waals surface area contributed by atoms with Crippen molar-refractivity contribution < 1.29 is 19.1 Å². The lowest BCUT2D eigenvalue weighted by molar-refractivity contribution is -0.148. The van der Waals surface area contributed by atoms with Gasteiger partial charge in [0.1, 0.15) is 12.4 Å². The van der Waals surface area contributed by atoms with Crippen LogP contribution in [0.2, 0.25) is 0 Å². The van der Waals surface area contributed by atoms with E-state index >= 15 is 0 Å². The number of para-hydroxylation sites is 1. The summed E-state index contributed by atoms with van der Waals surface area (Å²) in [5.74, 6) is -0.259. The Morgan fingerprint density at radius 2 is 1.81 bits per heavy atom. The average Bonchev–Trinajstić information content (AvgIpc) is 2.66. The lowest BCUT2D eigenvalue weighted by atomic mass is 10.2. The molecule has 0 radical (unpaired) electrons. The molecule has 0 saturated carbocycles. The fraction of sp³-hybridized carbons (Fsp3) is 0.143. The molecule has 5 nitrogen and oxygen atoms in total. The van der Waals surface area contributed by atoms with Gasteiger partial charge in [-0.2, -0.15) is 0 Å². The van der Waals surface area contributed by atoms with E-state index in [1.54, 1.807) is 36.4 Å². The minimum Gasteiger partial charge on any atom is -0.490 e.